The lowest BCUT2D eigenvalue weighted by Crippen LogP contribution is -1.89. The van der Waals surface area contributed by atoms with E-state index in [1.807, 2.05) is 36.4 Å². The first-order valence-electron chi connectivity index (χ1n) is 5.97. The summed E-state index contributed by atoms with van der Waals surface area (Å²) in [5, 5.41) is 10.1. The van der Waals surface area contributed by atoms with Gasteiger partial charge in [0.05, 0.1) is 0 Å². The molecule has 0 heterocycles. The molecule has 0 fully saturated rings. The summed E-state index contributed by atoms with van der Waals surface area (Å²) >= 11 is 6.25. The summed E-state index contributed by atoms with van der Waals surface area (Å²) in [7, 11) is 0. The van der Waals surface area contributed by atoms with Gasteiger partial charge in [0.2, 0.25) is 0 Å². The largest absolute Gasteiger partial charge is 0.508 e. The Labute approximate surface area is 112 Å². The van der Waals surface area contributed by atoms with Crippen LogP contribution >= 0.6 is 11.6 Å². The van der Waals surface area contributed by atoms with Crippen molar-refractivity contribution >= 4 is 17.2 Å². The molecule has 92 valence electrons. The summed E-state index contributed by atoms with van der Waals surface area (Å²) in [6.45, 7) is 2.09. The summed E-state index contributed by atoms with van der Waals surface area (Å²) in [4.78, 5) is 0. The number of allylic oxidation sites excluding steroid dienone is 1. The van der Waals surface area contributed by atoms with Crippen LogP contribution in [0.2, 0.25) is 5.02 Å². The highest BCUT2D eigenvalue weighted by Crippen LogP contribution is 2.30. The average molecular weight is 259 g/mol. The Hall–Kier alpha value is -1.73. The summed E-state index contributed by atoms with van der Waals surface area (Å²) in [5.41, 5.74) is 3.18. The Morgan fingerprint density at radius 3 is 2.39 bits per heavy atom. The van der Waals surface area contributed by atoms with E-state index >= 15 is 0 Å². The fourth-order valence-electron chi connectivity index (χ4n) is 1.91. The summed E-state index contributed by atoms with van der Waals surface area (Å²) in [6.07, 6.45) is 3.08. The number of rotatable bonds is 3. The third-order valence-electron chi connectivity index (χ3n) is 2.75. The maximum Gasteiger partial charge on any atom is 0.115 e. The molecule has 2 aromatic carbocycles. The number of hydrogen-bond acceptors (Lipinski definition) is 1. The van der Waals surface area contributed by atoms with Gasteiger partial charge in [0, 0.05) is 10.6 Å². The van der Waals surface area contributed by atoms with E-state index in [1.165, 1.54) is 0 Å². The van der Waals surface area contributed by atoms with Crippen LogP contribution in [-0.2, 0) is 0 Å². The average Bonchev–Trinajstić information content (AvgIpc) is 2.38. The molecule has 1 N–H and O–H groups in total. The predicted octanol–water partition coefficient (Wildman–Crippen LogP) is 4.89. The maximum absolute atomic E-state index is 9.35. The molecular formula is C16H15ClO. The lowest BCUT2D eigenvalue weighted by atomic mass is 9.97. The molecule has 0 aliphatic heterocycles. The van der Waals surface area contributed by atoms with Crippen molar-refractivity contribution in [1.29, 1.82) is 0 Å². The molecule has 2 rings (SSSR count). The lowest BCUT2D eigenvalue weighted by molar-refractivity contribution is 0.475. The Kier molecular flexibility index (Phi) is 4.06. The minimum atomic E-state index is 0.272. The van der Waals surface area contributed by atoms with E-state index in [0.717, 1.165) is 28.1 Å². The van der Waals surface area contributed by atoms with Gasteiger partial charge in [0.1, 0.15) is 5.75 Å². The fourth-order valence-corrected chi connectivity index (χ4v) is 2.15. The van der Waals surface area contributed by atoms with Gasteiger partial charge in [-0.3, -0.25) is 0 Å². The van der Waals surface area contributed by atoms with Crippen LogP contribution in [0.3, 0.4) is 0 Å². The molecule has 0 spiro atoms. The van der Waals surface area contributed by atoms with Crippen molar-refractivity contribution < 1.29 is 5.11 Å². The molecule has 0 unspecified atom stereocenters. The predicted molar refractivity (Wildman–Crippen MR) is 76.9 cm³/mol. The van der Waals surface area contributed by atoms with Crippen LogP contribution in [0.4, 0.5) is 0 Å². The zero-order valence-electron chi connectivity index (χ0n) is 10.2. The minimum absolute atomic E-state index is 0.272. The van der Waals surface area contributed by atoms with Crippen LogP contribution in [0.1, 0.15) is 24.5 Å². The van der Waals surface area contributed by atoms with Crippen molar-refractivity contribution in [3.8, 4) is 5.75 Å². The zero-order chi connectivity index (χ0) is 13.0. The molecule has 2 aromatic rings. The van der Waals surface area contributed by atoms with Crippen molar-refractivity contribution in [2.75, 3.05) is 0 Å². The van der Waals surface area contributed by atoms with Crippen LogP contribution in [-0.4, -0.2) is 5.11 Å². The van der Waals surface area contributed by atoms with Crippen molar-refractivity contribution in [1.82, 2.24) is 0 Å². The smallest absolute Gasteiger partial charge is 0.115 e. The molecular weight excluding hydrogens is 244 g/mol. The second kappa shape index (κ2) is 5.74. The molecule has 0 saturated carbocycles. The molecule has 0 bridgehead atoms. The molecule has 0 radical (unpaired) electrons. The second-order valence-electron chi connectivity index (χ2n) is 4.05. The minimum Gasteiger partial charge on any atom is -0.508 e. The molecule has 0 aliphatic rings. The molecule has 0 saturated heterocycles. The van der Waals surface area contributed by atoms with E-state index in [1.54, 1.807) is 12.1 Å². The van der Waals surface area contributed by atoms with Gasteiger partial charge >= 0.3 is 0 Å². The number of aromatic hydroxyl groups is 1. The van der Waals surface area contributed by atoms with Gasteiger partial charge in [0.15, 0.2) is 0 Å². The van der Waals surface area contributed by atoms with Crippen LogP contribution in [0, 0.1) is 0 Å². The van der Waals surface area contributed by atoms with E-state index in [0.29, 0.717) is 0 Å². The standard InChI is InChI=1S/C16H15ClO/c1-2-5-14(12-8-10-13(18)11-9-12)15-6-3-4-7-16(15)17/h3-11,18H,2H2,1H3/b14-5+. The molecule has 0 amide bonds. The summed E-state index contributed by atoms with van der Waals surface area (Å²) in [5.74, 6) is 0.272. The van der Waals surface area contributed by atoms with Crippen molar-refractivity contribution in [3.63, 3.8) is 0 Å². The highest BCUT2D eigenvalue weighted by Gasteiger charge is 2.07. The normalized spacial score (nSPS) is 11.6. The SMILES string of the molecule is CC/C=C(\c1ccc(O)cc1)c1ccccc1Cl. The molecule has 0 aliphatic carbocycles. The van der Waals surface area contributed by atoms with E-state index in [2.05, 4.69) is 13.0 Å². The number of halogens is 1. The van der Waals surface area contributed by atoms with Crippen LogP contribution < -0.4 is 0 Å². The Bertz CT molecular complexity index is 556. The highest BCUT2D eigenvalue weighted by molar-refractivity contribution is 6.32. The Morgan fingerprint density at radius 1 is 1.11 bits per heavy atom. The van der Waals surface area contributed by atoms with E-state index < -0.39 is 0 Å². The number of benzene rings is 2. The topological polar surface area (TPSA) is 20.2 Å². The van der Waals surface area contributed by atoms with Gasteiger partial charge < -0.3 is 5.11 Å². The third-order valence-corrected chi connectivity index (χ3v) is 3.08. The first kappa shape index (κ1) is 12.7. The first-order chi connectivity index (χ1) is 8.72. The molecule has 0 atom stereocenters. The maximum atomic E-state index is 9.35. The van der Waals surface area contributed by atoms with Gasteiger partial charge in [-0.25, -0.2) is 0 Å². The van der Waals surface area contributed by atoms with Gasteiger partial charge in [-0.05, 0) is 35.8 Å². The number of phenolic OH excluding ortho intramolecular Hbond substituents is 1. The summed E-state index contributed by atoms with van der Waals surface area (Å²) < 4.78 is 0. The van der Waals surface area contributed by atoms with Crippen LogP contribution in [0.5, 0.6) is 5.75 Å². The third kappa shape index (κ3) is 2.74. The van der Waals surface area contributed by atoms with Crippen LogP contribution in [0.25, 0.3) is 5.57 Å². The Morgan fingerprint density at radius 2 is 1.78 bits per heavy atom. The highest BCUT2D eigenvalue weighted by atomic mass is 35.5. The Balaban J connectivity index is 2.51. The summed E-state index contributed by atoms with van der Waals surface area (Å²) in [6, 6.07) is 15.0. The fraction of sp³-hybridized carbons (Fsp3) is 0.125. The molecule has 2 heteroatoms. The van der Waals surface area contributed by atoms with Gasteiger partial charge in [-0.15, -0.1) is 0 Å². The van der Waals surface area contributed by atoms with Crippen molar-refractivity contribution in [2.45, 2.75) is 13.3 Å². The van der Waals surface area contributed by atoms with Crippen molar-refractivity contribution in [3.05, 3.63) is 70.8 Å². The van der Waals surface area contributed by atoms with Gasteiger partial charge in [-0.1, -0.05) is 54.9 Å². The van der Waals surface area contributed by atoms with E-state index in [4.69, 9.17) is 11.6 Å². The monoisotopic (exact) mass is 258 g/mol. The molecule has 1 nitrogen and oxygen atoms in total. The molecule has 0 aromatic heterocycles. The molecule has 18 heavy (non-hydrogen) atoms. The zero-order valence-corrected chi connectivity index (χ0v) is 11.0. The number of phenols is 1. The van der Waals surface area contributed by atoms with E-state index in [9.17, 15) is 5.11 Å². The van der Waals surface area contributed by atoms with Gasteiger partial charge in [0.25, 0.3) is 0 Å². The van der Waals surface area contributed by atoms with E-state index in [-0.39, 0.29) is 5.75 Å². The number of hydrogen-bond donors (Lipinski definition) is 1. The van der Waals surface area contributed by atoms with Crippen molar-refractivity contribution in [2.24, 2.45) is 0 Å². The van der Waals surface area contributed by atoms with Crippen LogP contribution in [0.15, 0.2) is 54.6 Å². The first-order valence-corrected chi connectivity index (χ1v) is 6.34. The quantitative estimate of drug-likeness (QED) is 0.831. The van der Waals surface area contributed by atoms with Gasteiger partial charge in [-0.2, -0.15) is 0 Å². The second-order valence-corrected chi connectivity index (χ2v) is 4.46. The lowest BCUT2D eigenvalue weighted by Gasteiger charge is -2.10.